The summed E-state index contributed by atoms with van der Waals surface area (Å²) in [6.45, 7) is 15.4. The van der Waals surface area contributed by atoms with Gasteiger partial charge in [-0.3, -0.25) is 0 Å². The highest BCUT2D eigenvalue weighted by molar-refractivity contribution is 6.70. The van der Waals surface area contributed by atoms with E-state index in [0.717, 1.165) is 11.6 Å². The Kier molecular flexibility index (Phi) is 4.84. The SMILES string of the molecule is CC(C)O[Si](CC(C)(C)C)(OC(C)C)C1CC1. The van der Waals surface area contributed by atoms with Crippen LogP contribution >= 0.6 is 0 Å². The van der Waals surface area contributed by atoms with Crippen LogP contribution in [0.5, 0.6) is 0 Å². The molecule has 0 aromatic heterocycles. The summed E-state index contributed by atoms with van der Waals surface area (Å²) in [5.74, 6) is 0. The van der Waals surface area contributed by atoms with Gasteiger partial charge >= 0.3 is 8.56 Å². The minimum absolute atomic E-state index is 0.281. The molecule has 1 aliphatic carbocycles. The van der Waals surface area contributed by atoms with Crippen molar-refractivity contribution in [2.45, 2.75) is 85.1 Å². The Balaban J connectivity index is 2.85. The number of rotatable bonds is 6. The maximum absolute atomic E-state index is 6.37. The molecule has 17 heavy (non-hydrogen) atoms. The molecule has 1 saturated carbocycles. The Morgan fingerprint density at radius 1 is 1.00 bits per heavy atom. The maximum atomic E-state index is 6.37. The zero-order valence-corrected chi connectivity index (χ0v) is 13.7. The van der Waals surface area contributed by atoms with E-state index < -0.39 is 8.56 Å². The first-order valence-corrected chi connectivity index (χ1v) is 9.10. The van der Waals surface area contributed by atoms with Gasteiger partial charge in [0.2, 0.25) is 0 Å². The third kappa shape index (κ3) is 5.10. The van der Waals surface area contributed by atoms with Crippen molar-refractivity contribution in [3.05, 3.63) is 0 Å². The average Bonchev–Trinajstić information content (AvgIpc) is 2.76. The third-order valence-electron chi connectivity index (χ3n) is 2.85. The van der Waals surface area contributed by atoms with Crippen LogP contribution in [0.3, 0.4) is 0 Å². The second-order valence-electron chi connectivity index (χ2n) is 7.16. The highest BCUT2D eigenvalue weighted by atomic mass is 28.4. The summed E-state index contributed by atoms with van der Waals surface area (Å²) in [5.41, 5.74) is 1.02. The minimum Gasteiger partial charge on any atom is -0.392 e. The molecule has 0 bridgehead atoms. The highest BCUT2D eigenvalue weighted by Crippen LogP contribution is 2.51. The molecule has 1 aliphatic rings. The Labute approximate surface area is 108 Å². The first-order chi connectivity index (χ1) is 7.65. The Hall–Kier alpha value is 0.137. The van der Waals surface area contributed by atoms with Crippen molar-refractivity contribution >= 4 is 8.56 Å². The van der Waals surface area contributed by atoms with Crippen molar-refractivity contribution in [2.24, 2.45) is 5.41 Å². The van der Waals surface area contributed by atoms with Gasteiger partial charge in [-0.05, 0) is 52.0 Å². The van der Waals surface area contributed by atoms with Crippen molar-refractivity contribution < 1.29 is 8.85 Å². The van der Waals surface area contributed by atoms with Gasteiger partial charge in [0.25, 0.3) is 0 Å². The maximum Gasteiger partial charge on any atom is 0.342 e. The molecule has 102 valence electrons. The first kappa shape index (κ1) is 15.2. The molecule has 3 heteroatoms. The lowest BCUT2D eigenvalue weighted by atomic mass is 10.0. The molecule has 1 fully saturated rings. The molecule has 1 rings (SSSR count). The molecule has 0 atom stereocenters. The van der Waals surface area contributed by atoms with Gasteiger partial charge in [0.05, 0.1) is 0 Å². The van der Waals surface area contributed by atoms with Gasteiger partial charge in [0, 0.05) is 17.7 Å². The smallest absolute Gasteiger partial charge is 0.342 e. The van der Waals surface area contributed by atoms with Crippen molar-refractivity contribution in [2.75, 3.05) is 0 Å². The first-order valence-electron chi connectivity index (χ1n) is 7.00. The summed E-state index contributed by atoms with van der Waals surface area (Å²) in [5, 5.41) is 0. The van der Waals surface area contributed by atoms with Crippen LogP contribution in [0.25, 0.3) is 0 Å². The lowest BCUT2D eigenvalue weighted by molar-refractivity contribution is 0.0957. The number of hydrogen-bond donors (Lipinski definition) is 0. The van der Waals surface area contributed by atoms with Crippen LogP contribution in [-0.4, -0.2) is 20.8 Å². The van der Waals surface area contributed by atoms with E-state index in [4.69, 9.17) is 8.85 Å². The summed E-state index contributed by atoms with van der Waals surface area (Å²) < 4.78 is 12.7. The minimum atomic E-state index is -2.02. The average molecular weight is 258 g/mol. The van der Waals surface area contributed by atoms with E-state index in [2.05, 4.69) is 48.5 Å². The standard InChI is InChI=1S/C14H30O2Si/c1-11(2)15-17(13-8-9-13,16-12(3)4)10-14(5,6)7/h11-13H,8-10H2,1-7H3. The van der Waals surface area contributed by atoms with Crippen molar-refractivity contribution in [1.82, 2.24) is 0 Å². The molecule has 0 saturated heterocycles. The van der Waals surface area contributed by atoms with Crippen LogP contribution in [0.2, 0.25) is 11.6 Å². The topological polar surface area (TPSA) is 18.5 Å². The lowest BCUT2D eigenvalue weighted by Crippen LogP contribution is -2.49. The lowest BCUT2D eigenvalue weighted by Gasteiger charge is -2.38. The zero-order chi connectivity index (χ0) is 13.3. The van der Waals surface area contributed by atoms with E-state index in [1.165, 1.54) is 12.8 Å². The van der Waals surface area contributed by atoms with Crippen LogP contribution in [0.4, 0.5) is 0 Å². The Morgan fingerprint density at radius 2 is 1.41 bits per heavy atom. The van der Waals surface area contributed by atoms with Crippen molar-refractivity contribution in [3.8, 4) is 0 Å². The van der Waals surface area contributed by atoms with Crippen LogP contribution < -0.4 is 0 Å². The molecule has 2 nitrogen and oxygen atoms in total. The molecule has 0 amide bonds. The van der Waals surface area contributed by atoms with Crippen LogP contribution in [0.1, 0.15) is 61.3 Å². The largest absolute Gasteiger partial charge is 0.392 e. The van der Waals surface area contributed by atoms with Gasteiger partial charge in [-0.2, -0.15) is 0 Å². The fourth-order valence-electron chi connectivity index (χ4n) is 2.51. The van der Waals surface area contributed by atoms with E-state index in [-0.39, 0.29) is 12.2 Å². The van der Waals surface area contributed by atoms with E-state index in [1.807, 2.05) is 0 Å². The van der Waals surface area contributed by atoms with Gasteiger partial charge in [-0.15, -0.1) is 0 Å². The fourth-order valence-corrected chi connectivity index (χ4v) is 7.52. The van der Waals surface area contributed by atoms with Crippen LogP contribution in [0.15, 0.2) is 0 Å². The molecular weight excluding hydrogens is 228 g/mol. The summed E-state index contributed by atoms with van der Waals surface area (Å²) in [7, 11) is -2.02. The van der Waals surface area contributed by atoms with Gasteiger partial charge in [0.1, 0.15) is 0 Å². The quantitative estimate of drug-likeness (QED) is 0.654. The third-order valence-corrected chi connectivity index (χ3v) is 7.96. The Bertz CT molecular complexity index is 229. The fraction of sp³-hybridized carbons (Fsp3) is 1.00. The predicted octanol–water partition coefficient (Wildman–Crippen LogP) is 4.49. The van der Waals surface area contributed by atoms with E-state index in [1.54, 1.807) is 0 Å². The summed E-state index contributed by atoms with van der Waals surface area (Å²) in [4.78, 5) is 0. The molecule has 0 aromatic rings. The van der Waals surface area contributed by atoms with E-state index in [9.17, 15) is 0 Å². The molecule has 0 aliphatic heterocycles. The predicted molar refractivity (Wildman–Crippen MR) is 75.4 cm³/mol. The molecular formula is C14H30O2Si. The summed E-state index contributed by atoms with van der Waals surface area (Å²) >= 11 is 0. The van der Waals surface area contributed by atoms with E-state index in [0.29, 0.717) is 5.41 Å². The molecule has 0 aromatic carbocycles. The van der Waals surface area contributed by atoms with Crippen LogP contribution in [0, 0.1) is 5.41 Å². The summed E-state index contributed by atoms with van der Waals surface area (Å²) in [6, 6.07) is 1.11. The normalized spacial score (nSPS) is 18.2. The zero-order valence-electron chi connectivity index (χ0n) is 12.7. The van der Waals surface area contributed by atoms with Gasteiger partial charge in [-0.25, -0.2) is 0 Å². The van der Waals surface area contributed by atoms with Gasteiger partial charge < -0.3 is 8.85 Å². The second-order valence-corrected chi connectivity index (χ2v) is 10.4. The number of hydrogen-bond acceptors (Lipinski definition) is 2. The van der Waals surface area contributed by atoms with Crippen molar-refractivity contribution in [3.63, 3.8) is 0 Å². The van der Waals surface area contributed by atoms with Gasteiger partial charge in [0.15, 0.2) is 0 Å². The molecule has 0 radical (unpaired) electrons. The van der Waals surface area contributed by atoms with Crippen LogP contribution in [-0.2, 0) is 8.85 Å². The summed E-state index contributed by atoms with van der Waals surface area (Å²) in [6.07, 6.45) is 3.18. The molecule has 0 heterocycles. The van der Waals surface area contributed by atoms with Gasteiger partial charge in [-0.1, -0.05) is 20.8 Å². The highest BCUT2D eigenvalue weighted by Gasteiger charge is 2.54. The molecule has 0 spiro atoms. The molecule has 0 N–H and O–H groups in total. The second kappa shape index (κ2) is 5.41. The van der Waals surface area contributed by atoms with Crippen molar-refractivity contribution in [1.29, 1.82) is 0 Å². The monoisotopic (exact) mass is 258 g/mol. The Morgan fingerprint density at radius 3 is 1.65 bits per heavy atom. The molecule has 0 unspecified atom stereocenters. The van der Waals surface area contributed by atoms with E-state index >= 15 is 0 Å².